The average Bonchev–Trinajstić information content (AvgIpc) is 2.13. The molecule has 0 bridgehead atoms. The zero-order chi connectivity index (χ0) is 12.6. The van der Waals surface area contributed by atoms with E-state index in [2.05, 4.69) is 42.2 Å². The van der Waals surface area contributed by atoms with Crippen molar-refractivity contribution in [2.24, 2.45) is 0 Å². The molecule has 0 radical (unpaired) electrons. The van der Waals surface area contributed by atoms with Gasteiger partial charge in [0.15, 0.2) is 0 Å². The van der Waals surface area contributed by atoms with E-state index in [1.165, 1.54) is 12.1 Å². The Morgan fingerprint density at radius 3 is 2.35 bits per heavy atom. The summed E-state index contributed by atoms with van der Waals surface area (Å²) in [6, 6.07) is 2.64. The summed E-state index contributed by atoms with van der Waals surface area (Å²) in [4.78, 5) is 15.7. The number of rotatable bonds is 2. The Bertz CT molecular complexity index is 439. The van der Waals surface area contributed by atoms with Crippen LogP contribution < -0.4 is 5.32 Å². The minimum atomic E-state index is -2.63. The van der Waals surface area contributed by atoms with Crippen molar-refractivity contribution in [3.63, 3.8) is 0 Å². The highest BCUT2D eigenvalue weighted by Gasteiger charge is 2.45. The molecule has 0 aliphatic heterocycles. The standard InChI is InChI=1S/C10H8Br2F2N2O/c11-7-1-5(2-8(12)16-7)9(17)15-6-3-10(13,14)4-6/h1-2,6H,3-4H2,(H,15,17). The molecule has 1 aliphatic rings. The van der Waals surface area contributed by atoms with E-state index in [1.807, 2.05) is 0 Å². The van der Waals surface area contributed by atoms with Gasteiger partial charge in [-0.3, -0.25) is 4.79 Å². The number of carbonyl (C=O) groups is 1. The summed E-state index contributed by atoms with van der Waals surface area (Å²) < 4.78 is 26.2. The molecule has 0 unspecified atom stereocenters. The molecule has 1 amide bonds. The zero-order valence-electron chi connectivity index (χ0n) is 8.51. The summed E-state index contributed by atoms with van der Waals surface area (Å²) in [5.41, 5.74) is 0.383. The Labute approximate surface area is 113 Å². The molecule has 1 saturated carbocycles. The van der Waals surface area contributed by atoms with Crippen molar-refractivity contribution in [1.82, 2.24) is 10.3 Å². The van der Waals surface area contributed by atoms with Crippen LogP contribution in [-0.2, 0) is 0 Å². The normalized spacial score (nSPS) is 18.6. The van der Waals surface area contributed by atoms with Crippen LogP contribution in [0.2, 0.25) is 0 Å². The first kappa shape index (κ1) is 12.9. The largest absolute Gasteiger partial charge is 0.349 e. The van der Waals surface area contributed by atoms with E-state index in [1.54, 1.807) is 0 Å². The summed E-state index contributed by atoms with van der Waals surface area (Å²) in [5, 5.41) is 2.55. The predicted molar refractivity (Wildman–Crippen MR) is 65.1 cm³/mol. The van der Waals surface area contributed by atoms with Gasteiger partial charge in [0.1, 0.15) is 9.21 Å². The van der Waals surface area contributed by atoms with Crippen LogP contribution >= 0.6 is 31.9 Å². The second-order valence-electron chi connectivity index (χ2n) is 3.94. The second-order valence-corrected chi connectivity index (χ2v) is 5.56. The number of hydrogen-bond acceptors (Lipinski definition) is 2. The van der Waals surface area contributed by atoms with Crippen LogP contribution in [0.15, 0.2) is 21.3 Å². The Hall–Kier alpha value is -0.560. The molecule has 1 N–H and O–H groups in total. The fourth-order valence-electron chi connectivity index (χ4n) is 1.63. The number of nitrogens with zero attached hydrogens (tertiary/aromatic N) is 1. The van der Waals surface area contributed by atoms with Gasteiger partial charge in [-0.2, -0.15) is 0 Å². The molecule has 1 aromatic heterocycles. The SMILES string of the molecule is O=C(NC1CC(F)(F)C1)c1cc(Br)nc(Br)c1. The fourth-order valence-corrected chi connectivity index (χ4v) is 2.74. The number of hydrogen-bond donors (Lipinski definition) is 1. The molecular formula is C10H8Br2F2N2O. The molecule has 1 aliphatic carbocycles. The van der Waals surface area contributed by atoms with E-state index in [-0.39, 0.29) is 18.7 Å². The Balaban J connectivity index is 2.01. The highest BCUT2D eigenvalue weighted by molar-refractivity contribution is 9.11. The molecule has 1 heterocycles. The third kappa shape index (κ3) is 3.22. The molecule has 0 spiro atoms. The van der Waals surface area contributed by atoms with E-state index in [0.717, 1.165) is 0 Å². The maximum atomic E-state index is 12.6. The van der Waals surface area contributed by atoms with Crippen molar-refractivity contribution >= 4 is 37.8 Å². The lowest BCUT2D eigenvalue weighted by Crippen LogP contribution is -2.50. The molecule has 7 heteroatoms. The van der Waals surface area contributed by atoms with Crippen LogP contribution in [0, 0.1) is 0 Å². The Kier molecular flexibility index (Phi) is 3.49. The zero-order valence-corrected chi connectivity index (χ0v) is 11.7. The van der Waals surface area contributed by atoms with E-state index in [0.29, 0.717) is 14.8 Å². The number of halogens is 4. The molecule has 2 rings (SSSR count). The second kappa shape index (κ2) is 4.61. The maximum absolute atomic E-state index is 12.6. The molecule has 3 nitrogen and oxygen atoms in total. The lowest BCUT2D eigenvalue weighted by Gasteiger charge is -2.35. The maximum Gasteiger partial charge on any atom is 0.252 e. The van der Waals surface area contributed by atoms with Crippen molar-refractivity contribution in [1.29, 1.82) is 0 Å². The molecule has 1 fully saturated rings. The van der Waals surface area contributed by atoms with Crippen molar-refractivity contribution < 1.29 is 13.6 Å². The van der Waals surface area contributed by atoms with Crippen LogP contribution in [0.25, 0.3) is 0 Å². The Morgan fingerprint density at radius 2 is 1.88 bits per heavy atom. The number of pyridine rings is 1. The van der Waals surface area contributed by atoms with E-state index in [4.69, 9.17) is 0 Å². The molecule has 1 aromatic rings. The van der Waals surface area contributed by atoms with Crippen LogP contribution in [-0.4, -0.2) is 22.9 Å². The first-order chi connectivity index (χ1) is 7.85. The number of alkyl halides is 2. The molecule has 0 saturated heterocycles. The lowest BCUT2D eigenvalue weighted by atomic mass is 9.88. The molecule has 0 atom stereocenters. The third-order valence-electron chi connectivity index (χ3n) is 2.45. The molecule has 0 aromatic carbocycles. The van der Waals surface area contributed by atoms with Crippen LogP contribution in [0.3, 0.4) is 0 Å². The van der Waals surface area contributed by atoms with Crippen LogP contribution in [0.4, 0.5) is 8.78 Å². The van der Waals surface area contributed by atoms with Crippen molar-refractivity contribution in [2.75, 3.05) is 0 Å². The van der Waals surface area contributed by atoms with Gasteiger partial charge in [-0.25, -0.2) is 13.8 Å². The first-order valence-corrected chi connectivity index (χ1v) is 6.46. The topological polar surface area (TPSA) is 42.0 Å². The van der Waals surface area contributed by atoms with Gasteiger partial charge in [-0.1, -0.05) is 0 Å². The van der Waals surface area contributed by atoms with Gasteiger partial charge in [0, 0.05) is 24.4 Å². The van der Waals surface area contributed by atoms with Gasteiger partial charge in [0.25, 0.3) is 11.8 Å². The highest BCUT2D eigenvalue weighted by atomic mass is 79.9. The van der Waals surface area contributed by atoms with Gasteiger partial charge in [0.2, 0.25) is 0 Å². The number of aromatic nitrogens is 1. The number of nitrogens with one attached hydrogen (secondary N) is 1. The molecule has 17 heavy (non-hydrogen) atoms. The monoisotopic (exact) mass is 368 g/mol. The summed E-state index contributed by atoms with van der Waals surface area (Å²) in [6.07, 6.45) is -0.571. The number of carbonyl (C=O) groups excluding carboxylic acids is 1. The quantitative estimate of drug-likeness (QED) is 0.814. The van der Waals surface area contributed by atoms with Crippen molar-refractivity contribution in [2.45, 2.75) is 24.8 Å². The van der Waals surface area contributed by atoms with Gasteiger partial charge in [0.05, 0.1) is 0 Å². The first-order valence-electron chi connectivity index (χ1n) is 4.87. The van der Waals surface area contributed by atoms with E-state index < -0.39 is 12.0 Å². The van der Waals surface area contributed by atoms with Gasteiger partial charge >= 0.3 is 0 Å². The van der Waals surface area contributed by atoms with Crippen LogP contribution in [0.5, 0.6) is 0 Å². The molecule has 92 valence electrons. The van der Waals surface area contributed by atoms with Crippen molar-refractivity contribution in [3.8, 4) is 0 Å². The summed E-state index contributed by atoms with van der Waals surface area (Å²) in [6.45, 7) is 0. The Morgan fingerprint density at radius 1 is 1.35 bits per heavy atom. The van der Waals surface area contributed by atoms with Gasteiger partial charge < -0.3 is 5.32 Å². The van der Waals surface area contributed by atoms with E-state index >= 15 is 0 Å². The van der Waals surface area contributed by atoms with Crippen molar-refractivity contribution in [3.05, 3.63) is 26.9 Å². The highest BCUT2D eigenvalue weighted by Crippen LogP contribution is 2.37. The minimum Gasteiger partial charge on any atom is -0.349 e. The number of amides is 1. The summed E-state index contributed by atoms with van der Waals surface area (Å²) in [5.74, 6) is -2.99. The fraction of sp³-hybridized carbons (Fsp3) is 0.400. The lowest BCUT2D eigenvalue weighted by molar-refractivity contribution is -0.0901. The summed E-state index contributed by atoms with van der Waals surface area (Å²) >= 11 is 6.31. The summed E-state index contributed by atoms with van der Waals surface area (Å²) in [7, 11) is 0. The third-order valence-corrected chi connectivity index (χ3v) is 3.26. The van der Waals surface area contributed by atoms with Gasteiger partial charge in [-0.15, -0.1) is 0 Å². The van der Waals surface area contributed by atoms with Crippen LogP contribution in [0.1, 0.15) is 23.2 Å². The average molecular weight is 370 g/mol. The molecular weight excluding hydrogens is 362 g/mol. The van der Waals surface area contributed by atoms with Gasteiger partial charge in [-0.05, 0) is 44.0 Å². The minimum absolute atomic E-state index is 0.286. The smallest absolute Gasteiger partial charge is 0.252 e. The predicted octanol–water partition coefficient (Wildman–Crippen LogP) is 3.13. The van der Waals surface area contributed by atoms with E-state index in [9.17, 15) is 13.6 Å².